The highest BCUT2D eigenvalue weighted by Crippen LogP contribution is 2.32. The van der Waals surface area contributed by atoms with E-state index < -0.39 is 0 Å². The van der Waals surface area contributed by atoms with Crippen molar-refractivity contribution in [1.29, 1.82) is 0 Å². The van der Waals surface area contributed by atoms with Crippen LogP contribution >= 0.6 is 11.8 Å². The summed E-state index contributed by atoms with van der Waals surface area (Å²) < 4.78 is 1.73. The van der Waals surface area contributed by atoms with Crippen LogP contribution in [0.3, 0.4) is 0 Å². The number of likely N-dealkylation sites (tertiary alicyclic amines) is 1. The van der Waals surface area contributed by atoms with Gasteiger partial charge >= 0.3 is 0 Å². The summed E-state index contributed by atoms with van der Waals surface area (Å²) in [6.07, 6.45) is 8.88. The third kappa shape index (κ3) is 7.25. The molecule has 6 rings (SSSR count). The molecule has 41 heavy (non-hydrogen) atoms. The number of carbonyl (C=O) groups is 2. The number of hydrogen-bond acceptors (Lipinski definition) is 8. The van der Waals surface area contributed by atoms with Crippen molar-refractivity contribution >= 4 is 52.1 Å². The standard InChI is InChI=1S/C29H35N9O2S/c1-19-16-25(35-34-19)32-27-24-17-22(30-26(39)6-5-15-37-13-3-2-4-14-37)18-38(24)36-29(33-27)41-23-11-9-21(10-12-23)31-28(40)20-7-8-20/h9-12,16-18,20H,2-8,13-15H2,1H3,(H,30,39)(H,31,40)(H2,32,33,34,35,36). The van der Waals surface area contributed by atoms with Gasteiger partial charge in [-0.2, -0.15) is 5.10 Å². The average molecular weight is 574 g/mol. The van der Waals surface area contributed by atoms with Crippen LogP contribution in [0.2, 0.25) is 0 Å². The summed E-state index contributed by atoms with van der Waals surface area (Å²) in [5.74, 6) is 1.45. The fourth-order valence-corrected chi connectivity index (χ4v) is 5.71. The van der Waals surface area contributed by atoms with Crippen molar-refractivity contribution in [3.8, 4) is 0 Å². The minimum atomic E-state index is -0.00762. The minimum Gasteiger partial charge on any atom is -0.326 e. The van der Waals surface area contributed by atoms with Crippen LogP contribution in [0.1, 0.15) is 50.6 Å². The van der Waals surface area contributed by atoms with E-state index in [0.29, 0.717) is 28.9 Å². The van der Waals surface area contributed by atoms with Crippen molar-refractivity contribution in [3.63, 3.8) is 0 Å². The third-order valence-corrected chi connectivity index (χ3v) is 8.15. The molecule has 0 spiro atoms. The van der Waals surface area contributed by atoms with Gasteiger partial charge in [0.25, 0.3) is 0 Å². The first-order chi connectivity index (χ1) is 20.0. The number of nitrogens with zero attached hydrogens (tertiary/aromatic N) is 5. The number of carbonyl (C=O) groups excluding carboxylic acids is 2. The molecule has 2 aliphatic rings. The van der Waals surface area contributed by atoms with E-state index in [1.807, 2.05) is 43.3 Å². The maximum atomic E-state index is 12.7. The second-order valence-electron chi connectivity index (χ2n) is 10.8. The number of fused-ring (bicyclic) bond motifs is 1. The summed E-state index contributed by atoms with van der Waals surface area (Å²) in [6, 6.07) is 11.4. The highest BCUT2D eigenvalue weighted by atomic mass is 32.2. The monoisotopic (exact) mass is 573 g/mol. The van der Waals surface area contributed by atoms with Crippen molar-refractivity contribution in [2.24, 2.45) is 5.92 Å². The van der Waals surface area contributed by atoms with Gasteiger partial charge in [-0.05, 0) is 101 Å². The van der Waals surface area contributed by atoms with E-state index >= 15 is 0 Å². The van der Waals surface area contributed by atoms with Gasteiger partial charge in [0, 0.05) is 34.7 Å². The molecular weight excluding hydrogens is 538 g/mol. The lowest BCUT2D eigenvalue weighted by Crippen LogP contribution is -2.31. The quantitative estimate of drug-likeness (QED) is 0.192. The number of aromatic amines is 1. The van der Waals surface area contributed by atoms with Gasteiger partial charge < -0.3 is 20.9 Å². The summed E-state index contributed by atoms with van der Waals surface area (Å²) in [4.78, 5) is 32.9. The molecule has 0 atom stereocenters. The van der Waals surface area contributed by atoms with E-state index in [0.717, 1.165) is 60.7 Å². The second-order valence-corrected chi connectivity index (χ2v) is 11.8. The maximum Gasteiger partial charge on any atom is 0.227 e. The fraction of sp³-hybridized carbons (Fsp3) is 0.414. The van der Waals surface area contributed by atoms with Gasteiger partial charge in [-0.25, -0.2) is 9.50 Å². The Morgan fingerprint density at radius 1 is 1.05 bits per heavy atom. The van der Waals surface area contributed by atoms with E-state index in [-0.39, 0.29) is 17.7 Å². The zero-order chi connectivity index (χ0) is 28.2. The Morgan fingerprint density at radius 3 is 2.59 bits per heavy atom. The van der Waals surface area contributed by atoms with E-state index in [9.17, 15) is 9.59 Å². The Morgan fingerprint density at radius 2 is 1.85 bits per heavy atom. The number of benzene rings is 1. The Kier molecular flexibility index (Phi) is 8.19. The maximum absolute atomic E-state index is 12.7. The van der Waals surface area contributed by atoms with Crippen LogP contribution in [-0.4, -0.2) is 61.1 Å². The van der Waals surface area contributed by atoms with Crippen LogP contribution in [0.15, 0.2) is 52.6 Å². The predicted octanol–water partition coefficient (Wildman–Crippen LogP) is 5.21. The number of anilines is 4. The first kappa shape index (κ1) is 27.3. The van der Waals surface area contributed by atoms with Crippen LogP contribution < -0.4 is 16.0 Å². The van der Waals surface area contributed by atoms with Crippen LogP contribution in [0.5, 0.6) is 0 Å². The van der Waals surface area contributed by atoms with E-state index in [1.54, 1.807) is 10.7 Å². The number of nitrogens with one attached hydrogen (secondary N) is 4. The Labute approximate surface area is 242 Å². The molecule has 11 nitrogen and oxygen atoms in total. The predicted molar refractivity (Wildman–Crippen MR) is 160 cm³/mol. The molecule has 0 bridgehead atoms. The first-order valence-electron chi connectivity index (χ1n) is 14.3. The summed E-state index contributed by atoms with van der Waals surface area (Å²) in [5.41, 5.74) is 3.09. The molecule has 12 heteroatoms. The molecule has 1 saturated heterocycles. The van der Waals surface area contributed by atoms with Crippen molar-refractivity contribution < 1.29 is 9.59 Å². The van der Waals surface area contributed by atoms with Crippen molar-refractivity contribution in [1.82, 2.24) is 29.7 Å². The van der Waals surface area contributed by atoms with Gasteiger partial charge in [-0.1, -0.05) is 6.42 Å². The second kappa shape index (κ2) is 12.3. The summed E-state index contributed by atoms with van der Waals surface area (Å²) in [6.45, 7) is 5.17. The zero-order valence-electron chi connectivity index (χ0n) is 23.2. The Hall–Kier alpha value is -3.90. The molecule has 4 heterocycles. The molecule has 4 N–H and O–H groups in total. The molecule has 0 unspecified atom stereocenters. The summed E-state index contributed by atoms with van der Waals surface area (Å²) in [5, 5.41) is 21.7. The molecule has 1 saturated carbocycles. The number of aromatic nitrogens is 5. The highest BCUT2D eigenvalue weighted by molar-refractivity contribution is 7.99. The lowest BCUT2D eigenvalue weighted by molar-refractivity contribution is -0.117. The van der Waals surface area contributed by atoms with Crippen LogP contribution in [0.4, 0.5) is 23.0 Å². The highest BCUT2D eigenvalue weighted by Gasteiger charge is 2.29. The number of rotatable bonds is 11. The molecule has 1 aliphatic heterocycles. The van der Waals surface area contributed by atoms with Gasteiger partial charge in [0.05, 0.1) is 11.9 Å². The molecule has 2 amide bonds. The van der Waals surface area contributed by atoms with Crippen molar-refractivity contribution in [3.05, 3.63) is 48.3 Å². The fourth-order valence-electron chi connectivity index (χ4n) is 4.96. The van der Waals surface area contributed by atoms with Crippen molar-refractivity contribution in [2.75, 3.05) is 35.6 Å². The van der Waals surface area contributed by atoms with Crippen LogP contribution in [-0.2, 0) is 9.59 Å². The molecule has 0 radical (unpaired) electrons. The molecule has 1 aromatic carbocycles. The minimum absolute atomic E-state index is 0.00762. The first-order valence-corrected chi connectivity index (χ1v) is 15.1. The normalized spacial score (nSPS) is 15.6. The summed E-state index contributed by atoms with van der Waals surface area (Å²) >= 11 is 1.41. The topological polar surface area (TPSA) is 132 Å². The van der Waals surface area contributed by atoms with Gasteiger partial charge in [-0.15, -0.1) is 5.10 Å². The van der Waals surface area contributed by atoms with Crippen LogP contribution in [0, 0.1) is 12.8 Å². The summed E-state index contributed by atoms with van der Waals surface area (Å²) in [7, 11) is 0. The Balaban J connectivity index is 1.16. The molecule has 214 valence electrons. The van der Waals surface area contributed by atoms with Gasteiger partial charge in [-0.3, -0.25) is 14.7 Å². The Bertz CT molecular complexity index is 1520. The lowest BCUT2D eigenvalue weighted by Gasteiger charge is -2.26. The van der Waals surface area contributed by atoms with E-state index in [1.165, 1.54) is 31.0 Å². The number of hydrogen-bond donors (Lipinski definition) is 4. The third-order valence-electron chi connectivity index (χ3n) is 7.29. The molecular formula is C29H35N9O2S. The zero-order valence-corrected chi connectivity index (χ0v) is 24.0. The van der Waals surface area contributed by atoms with Gasteiger partial charge in [0.2, 0.25) is 17.0 Å². The van der Waals surface area contributed by atoms with Crippen molar-refractivity contribution in [2.45, 2.75) is 61.9 Å². The lowest BCUT2D eigenvalue weighted by atomic mass is 10.1. The smallest absolute Gasteiger partial charge is 0.227 e. The largest absolute Gasteiger partial charge is 0.326 e. The van der Waals surface area contributed by atoms with Gasteiger partial charge in [0.15, 0.2) is 11.6 Å². The molecule has 3 aromatic heterocycles. The number of H-pyrrole nitrogens is 1. The SMILES string of the molecule is Cc1cc(Nc2nc(Sc3ccc(NC(=O)C4CC4)cc3)nn3cc(NC(=O)CCCN4CCCCC4)cc23)n[nH]1. The molecule has 4 aromatic rings. The van der Waals surface area contributed by atoms with E-state index in [4.69, 9.17) is 10.1 Å². The molecule has 2 fully saturated rings. The number of aryl methyl sites for hydroxylation is 1. The van der Waals surface area contributed by atoms with E-state index in [2.05, 4.69) is 31.0 Å². The molecule has 1 aliphatic carbocycles. The number of piperidine rings is 1. The van der Waals surface area contributed by atoms with Gasteiger partial charge in [0.1, 0.15) is 5.52 Å². The van der Waals surface area contributed by atoms with Crippen LogP contribution in [0.25, 0.3) is 5.52 Å². The average Bonchev–Trinajstić information content (AvgIpc) is 3.62. The number of amides is 2.